The molecule has 8 heteroatoms. The van der Waals surface area contributed by atoms with Crippen molar-refractivity contribution in [3.05, 3.63) is 34.0 Å². The Morgan fingerprint density at radius 3 is 2.94 bits per heavy atom. The summed E-state index contributed by atoms with van der Waals surface area (Å²) >= 11 is 0. The van der Waals surface area contributed by atoms with Gasteiger partial charge in [0.2, 0.25) is 5.91 Å². The van der Waals surface area contributed by atoms with Crippen LogP contribution < -0.4 is 10.9 Å². The first-order valence-corrected chi connectivity index (χ1v) is 5.53. The van der Waals surface area contributed by atoms with Gasteiger partial charge in [-0.05, 0) is 6.92 Å². The molecule has 0 aliphatic rings. The molecule has 0 bridgehead atoms. The summed E-state index contributed by atoms with van der Waals surface area (Å²) in [6.45, 7) is 2.74. The van der Waals surface area contributed by atoms with Crippen LogP contribution in [0.15, 0.2) is 17.2 Å². The van der Waals surface area contributed by atoms with Crippen molar-refractivity contribution < 1.29 is 4.79 Å². The van der Waals surface area contributed by atoms with E-state index in [0.29, 0.717) is 24.3 Å². The van der Waals surface area contributed by atoms with Crippen molar-refractivity contribution in [2.75, 3.05) is 6.54 Å². The molecule has 2 aromatic heterocycles. The van der Waals surface area contributed by atoms with E-state index in [0.717, 1.165) is 0 Å². The number of hydrogen-bond acceptors (Lipinski definition) is 4. The molecule has 0 aliphatic carbocycles. The Bertz CT molecular complexity index is 567. The molecule has 0 fully saturated rings. The number of aromatic nitrogens is 5. The van der Waals surface area contributed by atoms with Crippen molar-refractivity contribution in [2.24, 2.45) is 0 Å². The third kappa shape index (κ3) is 2.84. The monoisotopic (exact) mass is 250 g/mol. The van der Waals surface area contributed by atoms with Crippen molar-refractivity contribution in [2.45, 2.75) is 19.9 Å². The molecule has 96 valence electrons. The van der Waals surface area contributed by atoms with Gasteiger partial charge in [0, 0.05) is 24.0 Å². The second kappa shape index (κ2) is 5.30. The van der Waals surface area contributed by atoms with E-state index >= 15 is 0 Å². The number of hydrogen-bond donors (Lipinski definition) is 3. The summed E-state index contributed by atoms with van der Waals surface area (Å²) < 4.78 is 1.62. The van der Waals surface area contributed by atoms with Gasteiger partial charge in [-0.15, -0.1) is 5.10 Å². The Hall–Kier alpha value is -2.38. The van der Waals surface area contributed by atoms with Crippen LogP contribution in [0.2, 0.25) is 0 Å². The molecule has 3 N–H and O–H groups in total. The molecule has 2 heterocycles. The molecule has 0 unspecified atom stereocenters. The summed E-state index contributed by atoms with van der Waals surface area (Å²) in [5, 5.41) is 15.3. The Kier molecular flexibility index (Phi) is 3.56. The van der Waals surface area contributed by atoms with Gasteiger partial charge in [-0.25, -0.2) is 0 Å². The lowest BCUT2D eigenvalue weighted by molar-refractivity contribution is -0.120. The van der Waals surface area contributed by atoms with Crippen LogP contribution in [0.25, 0.3) is 0 Å². The van der Waals surface area contributed by atoms with Gasteiger partial charge in [-0.2, -0.15) is 0 Å². The molecule has 0 atom stereocenters. The number of rotatable bonds is 5. The predicted molar refractivity (Wildman–Crippen MR) is 62.9 cm³/mol. The van der Waals surface area contributed by atoms with Gasteiger partial charge in [0.1, 0.15) is 0 Å². The van der Waals surface area contributed by atoms with E-state index in [-0.39, 0.29) is 17.9 Å². The minimum absolute atomic E-state index is 0.0715. The zero-order valence-corrected chi connectivity index (χ0v) is 9.93. The summed E-state index contributed by atoms with van der Waals surface area (Å²) in [5.41, 5.74) is 0.901. The number of carbonyl (C=O) groups excluding carboxylic acids is 1. The van der Waals surface area contributed by atoms with Crippen molar-refractivity contribution in [3.8, 4) is 0 Å². The van der Waals surface area contributed by atoms with E-state index < -0.39 is 0 Å². The lowest BCUT2D eigenvalue weighted by atomic mass is 10.2. The minimum atomic E-state index is -0.251. The maximum atomic E-state index is 11.6. The molecule has 2 rings (SSSR count). The second-order valence-corrected chi connectivity index (χ2v) is 3.88. The summed E-state index contributed by atoms with van der Waals surface area (Å²) in [5.74, 6) is -0.191. The van der Waals surface area contributed by atoms with Crippen LogP contribution in [-0.2, 0) is 17.8 Å². The molecule has 1 amide bonds. The standard InChI is InChI=1S/C10H14N6O2/c1-7-8(10(18)14-13-7)6-9(17)11-2-4-16-5-3-12-15-16/h3,5H,2,4,6H2,1H3,(H,11,17)(H2,13,14,18). The largest absolute Gasteiger partial charge is 0.354 e. The highest BCUT2D eigenvalue weighted by Crippen LogP contribution is 1.97. The van der Waals surface area contributed by atoms with E-state index in [1.54, 1.807) is 24.0 Å². The van der Waals surface area contributed by atoms with Crippen LogP contribution >= 0.6 is 0 Å². The first kappa shape index (κ1) is 12.1. The van der Waals surface area contributed by atoms with Gasteiger partial charge >= 0.3 is 0 Å². The second-order valence-electron chi connectivity index (χ2n) is 3.88. The minimum Gasteiger partial charge on any atom is -0.354 e. The van der Waals surface area contributed by atoms with Gasteiger partial charge in [-0.3, -0.25) is 19.4 Å². The van der Waals surface area contributed by atoms with Crippen LogP contribution in [0.4, 0.5) is 0 Å². The maximum absolute atomic E-state index is 11.6. The fourth-order valence-corrected chi connectivity index (χ4v) is 1.57. The number of aryl methyl sites for hydroxylation is 1. The van der Waals surface area contributed by atoms with Crippen molar-refractivity contribution in [1.29, 1.82) is 0 Å². The van der Waals surface area contributed by atoms with Crippen molar-refractivity contribution >= 4 is 5.91 Å². The average molecular weight is 250 g/mol. The first-order valence-electron chi connectivity index (χ1n) is 5.53. The quantitative estimate of drug-likeness (QED) is 0.630. The fraction of sp³-hybridized carbons (Fsp3) is 0.400. The molecular formula is C10H14N6O2. The summed E-state index contributed by atoms with van der Waals surface area (Å²) in [7, 11) is 0. The lowest BCUT2D eigenvalue weighted by Gasteiger charge is -2.04. The van der Waals surface area contributed by atoms with Gasteiger partial charge in [-0.1, -0.05) is 5.21 Å². The molecule has 0 radical (unpaired) electrons. The zero-order valence-electron chi connectivity index (χ0n) is 9.93. The predicted octanol–water partition coefficient (Wildman–Crippen LogP) is -1.04. The van der Waals surface area contributed by atoms with Gasteiger partial charge in [0.25, 0.3) is 5.56 Å². The zero-order chi connectivity index (χ0) is 13.0. The SMILES string of the molecule is Cc1[nH][nH]c(=O)c1CC(=O)NCCn1ccnn1. The molecule has 0 aromatic carbocycles. The number of nitrogens with zero attached hydrogens (tertiary/aromatic N) is 3. The summed E-state index contributed by atoms with van der Waals surface area (Å²) in [4.78, 5) is 23.0. The molecule has 0 aliphatic heterocycles. The molecular weight excluding hydrogens is 236 g/mol. The van der Waals surface area contributed by atoms with Crippen LogP contribution in [0.5, 0.6) is 0 Å². The van der Waals surface area contributed by atoms with E-state index in [2.05, 4.69) is 25.8 Å². The summed E-state index contributed by atoms with van der Waals surface area (Å²) in [6.07, 6.45) is 3.36. The smallest absolute Gasteiger partial charge is 0.267 e. The van der Waals surface area contributed by atoms with Crippen molar-refractivity contribution in [3.63, 3.8) is 0 Å². The molecule has 0 saturated heterocycles. The number of H-pyrrole nitrogens is 2. The first-order chi connectivity index (χ1) is 8.66. The number of aromatic amines is 2. The topological polar surface area (TPSA) is 108 Å². The Balaban J connectivity index is 1.81. The molecule has 0 spiro atoms. The highest BCUT2D eigenvalue weighted by atomic mass is 16.2. The van der Waals surface area contributed by atoms with Crippen LogP contribution in [0, 0.1) is 6.92 Å². The molecule has 0 saturated carbocycles. The van der Waals surface area contributed by atoms with E-state index in [9.17, 15) is 9.59 Å². The Morgan fingerprint density at radius 2 is 2.33 bits per heavy atom. The Labute approximate surface area is 102 Å². The average Bonchev–Trinajstić information content (AvgIpc) is 2.94. The van der Waals surface area contributed by atoms with Gasteiger partial charge < -0.3 is 10.4 Å². The molecule has 18 heavy (non-hydrogen) atoms. The highest BCUT2D eigenvalue weighted by molar-refractivity contribution is 5.78. The van der Waals surface area contributed by atoms with Gasteiger partial charge in [0.15, 0.2) is 0 Å². The van der Waals surface area contributed by atoms with Crippen LogP contribution in [0.3, 0.4) is 0 Å². The van der Waals surface area contributed by atoms with E-state index in [1.807, 2.05) is 0 Å². The molecule has 8 nitrogen and oxygen atoms in total. The van der Waals surface area contributed by atoms with Crippen LogP contribution in [0.1, 0.15) is 11.3 Å². The van der Waals surface area contributed by atoms with E-state index in [1.165, 1.54) is 0 Å². The highest BCUT2D eigenvalue weighted by Gasteiger charge is 2.10. The maximum Gasteiger partial charge on any atom is 0.267 e. The van der Waals surface area contributed by atoms with Gasteiger partial charge in [0.05, 0.1) is 19.2 Å². The lowest BCUT2D eigenvalue weighted by Crippen LogP contribution is -2.30. The summed E-state index contributed by atoms with van der Waals surface area (Å²) in [6, 6.07) is 0. The number of carbonyl (C=O) groups is 1. The third-order valence-electron chi connectivity index (χ3n) is 2.56. The number of amides is 1. The Morgan fingerprint density at radius 1 is 1.50 bits per heavy atom. The third-order valence-corrected chi connectivity index (χ3v) is 2.56. The van der Waals surface area contributed by atoms with Crippen molar-refractivity contribution in [1.82, 2.24) is 30.5 Å². The fourth-order valence-electron chi connectivity index (χ4n) is 1.57. The number of nitrogens with one attached hydrogen (secondary N) is 3. The molecule has 2 aromatic rings. The van der Waals surface area contributed by atoms with E-state index in [4.69, 9.17) is 0 Å². The normalized spacial score (nSPS) is 10.5. The van der Waals surface area contributed by atoms with Crippen LogP contribution in [-0.4, -0.2) is 37.6 Å².